The average molecular weight is 231 g/mol. The van der Waals surface area contributed by atoms with Gasteiger partial charge in [-0.15, -0.1) is 22.9 Å². The Labute approximate surface area is 90.1 Å². The maximum atomic E-state index is 13.5. The van der Waals surface area contributed by atoms with Crippen LogP contribution in [0.4, 0.5) is 4.39 Å². The van der Waals surface area contributed by atoms with E-state index in [2.05, 4.69) is 0 Å². The van der Waals surface area contributed by atoms with Crippen molar-refractivity contribution in [1.29, 1.82) is 0 Å². The molecule has 1 aromatic carbocycles. The molecule has 0 spiro atoms. The van der Waals surface area contributed by atoms with E-state index in [-0.39, 0.29) is 5.82 Å². The summed E-state index contributed by atoms with van der Waals surface area (Å²) in [5.41, 5.74) is 0.807. The lowest BCUT2D eigenvalue weighted by Gasteiger charge is -2.06. The summed E-state index contributed by atoms with van der Waals surface area (Å²) in [6.45, 7) is 0. The molecule has 0 aliphatic rings. The average Bonchev–Trinajstić information content (AvgIpc) is 2.65. The van der Waals surface area contributed by atoms with Crippen LogP contribution in [0.3, 0.4) is 0 Å². The molecule has 0 aliphatic carbocycles. The number of alkyl halides is 1. The molecule has 2 aromatic rings. The molecule has 2 rings (SSSR count). The van der Waals surface area contributed by atoms with Crippen LogP contribution in [0.15, 0.2) is 17.5 Å². The van der Waals surface area contributed by atoms with E-state index in [9.17, 15) is 4.39 Å². The fraction of sp³-hybridized carbons (Fsp3) is 0.200. The van der Waals surface area contributed by atoms with Crippen LogP contribution in [0.5, 0.6) is 5.75 Å². The van der Waals surface area contributed by atoms with Gasteiger partial charge in [0.15, 0.2) is 11.6 Å². The first kappa shape index (κ1) is 9.74. The SMILES string of the molecule is COc1c(F)cc(CCl)c2ccsc12. The van der Waals surface area contributed by atoms with Crippen molar-refractivity contribution in [3.8, 4) is 5.75 Å². The third-order valence-electron chi connectivity index (χ3n) is 2.08. The molecule has 0 N–H and O–H groups in total. The van der Waals surface area contributed by atoms with E-state index in [0.29, 0.717) is 11.6 Å². The lowest BCUT2D eigenvalue weighted by atomic mass is 10.1. The van der Waals surface area contributed by atoms with E-state index in [4.69, 9.17) is 16.3 Å². The summed E-state index contributed by atoms with van der Waals surface area (Å²) in [4.78, 5) is 0. The number of benzene rings is 1. The van der Waals surface area contributed by atoms with E-state index < -0.39 is 0 Å². The van der Waals surface area contributed by atoms with Gasteiger partial charge in [0.1, 0.15) is 0 Å². The zero-order valence-electron chi connectivity index (χ0n) is 7.51. The molecule has 74 valence electrons. The Balaban J connectivity index is 2.81. The molecular weight excluding hydrogens is 223 g/mol. The molecule has 0 unspecified atom stereocenters. The standard InChI is InChI=1S/C10H8ClFOS/c1-13-9-8(12)4-6(5-11)7-2-3-14-10(7)9/h2-4H,5H2,1H3. The van der Waals surface area contributed by atoms with Crippen molar-refractivity contribution in [2.75, 3.05) is 7.11 Å². The molecule has 0 saturated heterocycles. The van der Waals surface area contributed by atoms with Crippen LogP contribution in [0.1, 0.15) is 5.56 Å². The summed E-state index contributed by atoms with van der Waals surface area (Å²) < 4.78 is 19.3. The molecule has 0 radical (unpaired) electrons. The second-order valence-corrected chi connectivity index (χ2v) is 4.03. The summed E-state index contributed by atoms with van der Waals surface area (Å²) in [7, 11) is 1.47. The number of thiophene rings is 1. The van der Waals surface area contributed by atoms with Crippen molar-refractivity contribution < 1.29 is 9.13 Å². The zero-order chi connectivity index (χ0) is 10.1. The van der Waals surface area contributed by atoms with Crippen molar-refractivity contribution in [2.45, 2.75) is 5.88 Å². The van der Waals surface area contributed by atoms with E-state index >= 15 is 0 Å². The van der Waals surface area contributed by atoms with Crippen LogP contribution in [0, 0.1) is 5.82 Å². The Hall–Kier alpha value is -0.800. The third kappa shape index (κ3) is 1.37. The maximum absolute atomic E-state index is 13.5. The van der Waals surface area contributed by atoms with Gasteiger partial charge in [0, 0.05) is 11.3 Å². The van der Waals surface area contributed by atoms with Crippen molar-refractivity contribution >= 4 is 33.0 Å². The van der Waals surface area contributed by atoms with E-state index in [1.165, 1.54) is 24.5 Å². The molecule has 1 aromatic heterocycles. The Morgan fingerprint density at radius 1 is 1.57 bits per heavy atom. The predicted octanol–water partition coefficient (Wildman–Crippen LogP) is 3.79. The molecule has 4 heteroatoms. The van der Waals surface area contributed by atoms with Crippen LogP contribution in [-0.4, -0.2) is 7.11 Å². The van der Waals surface area contributed by atoms with Crippen molar-refractivity contribution in [3.05, 3.63) is 28.9 Å². The van der Waals surface area contributed by atoms with Crippen LogP contribution >= 0.6 is 22.9 Å². The maximum Gasteiger partial charge on any atom is 0.172 e. The highest BCUT2D eigenvalue weighted by molar-refractivity contribution is 7.17. The largest absolute Gasteiger partial charge is 0.492 e. The van der Waals surface area contributed by atoms with E-state index in [1.54, 1.807) is 0 Å². The van der Waals surface area contributed by atoms with Crippen molar-refractivity contribution in [1.82, 2.24) is 0 Å². The zero-order valence-corrected chi connectivity index (χ0v) is 9.08. The quantitative estimate of drug-likeness (QED) is 0.714. The summed E-state index contributed by atoms with van der Waals surface area (Å²) in [6, 6.07) is 3.36. The smallest absolute Gasteiger partial charge is 0.172 e. The lowest BCUT2D eigenvalue weighted by molar-refractivity contribution is 0.392. The first-order valence-corrected chi connectivity index (χ1v) is 5.48. The first-order chi connectivity index (χ1) is 6.77. The number of halogens is 2. The van der Waals surface area contributed by atoms with Gasteiger partial charge in [0.25, 0.3) is 0 Å². The molecular formula is C10H8ClFOS. The van der Waals surface area contributed by atoms with E-state index in [0.717, 1.165) is 15.6 Å². The van der Waals surface area contributed by atoms with Gasteiger partial charge in [-0.1, -0.05) is 0 Å². The molecule has 0 atom stereocenters. The van der Waals surface area contributed by atoms with Gasteiger partial charge in [-0.25, -0.2) is 4.39 Å². The Morgan fingerprint density at radius 3 is 3.00 bits per heavy atom. The lowest BCUT2D eigenvalue weighted by Crippen LogP contribution is -1.90. The molecule has 1 nitrogen and oxygen atoms in total. The molecule has 1 heterocycles. The Kier molecular flexibility index (Phi) is 2.61. The Morgan fingerprint density at radius 2 is 2.36 bits per heavy atom. The highest BCUT2D eigenvalue weighted by Gasteiger charge is 2.12. The minimum absolute atomic E-state index is 0.309. The van der Waals surface area contributed by atoms with Gasteiger partial charge in [-0.05, 0) is 23.1 Å². The van der Waals surface area contributed by atoms with Gasteiger partial charge in [0.05, 0.1) is 11.8 Å². The summed E-state index contributed by atoms with van der Waals surface area (Å²) in [5, 5.41) is 2.88. The molecule has 0 fully saturated rings. The number of ether oxygens (including phenoxy) is 1. The predicted molar refractivity (Wildman–Crippen MR) is 57.9 cm³/mol. The van der Waals surface area contributed by atoms with E-state index in [1.807, 2.05) is 11.4 Å². The van der Waals surface area contributed by atoms with Gasteiger partial charge >= 0.3 is 0 Å². The van der Waals surface area contributed by atoms with Crippen molar-refractivity contribution in [2.24, 2.45) is 0 Å². The van der Waals surface area contributed by atoms with Crippen LogP contribution < -0.4 is 4.74 Å². The second-order valence-electron chi connectivity index (χ2n) is 2.85. The minimum Gasteiger partial charge on any atom is -0.492 e. The van der Waals surface area contributed by atoms with Gasteiger partial charge in [0.2, 0.25) is 0 Å². The Bertz CT molecular complexity index is 466. The van der Waals surface area contributed by atoms with Crippen LogP contribution in [0.25, 0.3) is 10.1 Å². The number of hydrogen-bond acceptors (Lipinski definition) is 2. The molecule has 0 bridgehead atoms. The molecule has 0 amide bonds. The topological polar surface area (TPSA) is 9.23 Å². The molecule has 0 aliphatic heterocycles. The van der Waals surface area contributed by atoms with Gasteiger partial charge in [-0.2, -0.15) is 0 Å². The number of fused-ring (bicyclic) bond motifs is 1. The molecule has 14 heavy (non-hydrogen) atoms. The number of rotatable bonds is 2. The minimum atomic E-state index is -0.349. The highest BCUT2D eigenvalue weighted by atomic mass is 35.5. The number of hydrogen-bond donors (Lipinski definition) is 0. The molecule has 0 saturated carbocycles. The van der Waals surface area contributed by atoms with Crippen molar-refractivity contribution in [3.63, 3.8) is 0 Å². The van der Waals surface area contributed by atoms with Gasteiger partial charge < -0.3 is 4.74 Å². The fourth-order valence-electron chi connectivity index (χ4n) is 1.44. The highest BCUT2D eigenvalue weighted by Crippen LogP contribution is 2.35. The fourth-order valence-corrected chi connectivity index (χ4v) is 2.62. The first-order valence-electron chi connectivity index (χ1n) is 4.06. The van der Waals surface area contributed by atoms with Gasteiger partial charge in [-0.3, -0.25) is 0 Å². The third-order valence-corrected chi connectivity index (χ3v) is 3.28. The summed E-state index contributed by atoms with van der Waals surface area (Å²) >= 11 is 7.19. The monoisotopic (exact) mass is 230 g/mol. The second kappa shape index (κ2) is 3.75. The normalized spacial score (nSPS) is 10.8. The summed E-state index contributed by atoms with van der Waals surface area (Å²) in [6.07, 6.45) is 0. The van der Waals surface area contributed by atoms with Crippen LogP contribution in [0.2, 0.25) is 0 Å². The number of methoxy groups -OCH3 is 1. The van der Waals surface area contributed by atoms with Crippen LogP contribution in [-0.2, 0) is 5.88 Å². The summed E-state index contributed by atoms with van der Waals surface area (Å²) in [5.74, 6) is 0.274.